The van der Waals surface area contributed by atoms with E-state index in [0.29, 0.717) is 0 Å². The molecule has 1 aromatic carbocycles. The summed E-state index contributed by atoms with van der Waals surface area (Å²) in [5.74, 6) is -1.04. The van der Waals surface area contributed by atoms with E-state index in [9.17, 15) is 9.90 Å². The molecule has 1 saturated heterocycles. The van der Waals surface area contributed by atoms with Gasteiger partial charge in [-0.05, 0) is 29.8 Å². The third kappa shape index (κ3) is 3.19. The number of carboxylic acid groups (broad SMARTS) is 1. The first-order valence-electron chi connectivity index (χ1n) is 9.76. The van der Waals surface area contributed by atoms with Gasteiger partial charge < -0.3 is 19.9 Å². The van der Waals surface area contributed by atoms with Crippen molar-refractivity contribution in [2.75, 3.05) is 38.1 Å². The number of aromatic carboxylic acids is 1. The van der Waals surface area contributed by atoms with Crippen molar-refractivity contribution in [1.29, 1.82) is 0 Å². The van der Waals surface area contributed by atoms with Gasteiger partial charge in [-0.1, -0.05) is 12.1 Å². The normalized spacial score (nSPS) is 15.3. The highest BCUT2D eigenvalue weighted by Crippen LogP contribution is 2.29. The number of benzene rings is 1. The van der Waals surface area contributed by atoms with Crippen LogP contribution in [0.25, 0.3) is 33.1 Å². The van der Waals surface area contributed by atoms with Crippen LogP contribution in [0.15, 0.2) is 48.8 Å². The zero-order chi connectivity index (χ0) is 20.0. The van der Waals surface area contributed by atoms with Crippen LogP contribution in [0.3, 0.4) is 0 Å². The topological polar surface area (TPSA) is 86.5 Å². The summed E-state index contributed by atoms with van der Waals surface area (Å²) in [5, 5.41) is 11.0. The molecule has 4 aromatic rings. The number of hydrogen-bond donors (Lipinski definition) is 3. The lowest BCUT2D eigenvalue weighted by atomic mass is 10.0. The Labute approximate surface area is 167 Å². The molecule has 0 spiro atoms. The Kier molecular flexibility index (Phi) is 4.17. The minimum atomic E-state index is -1.04. The van der Waals surface area contributed by atoms with E-state index in [4.69, 9.17) is 0 Å². The SMILES string of the molecule is C[NH+]1CCN(c2ccc(-c3cnc4[nH]c5cnc(C(=O)O)cc5c4c3)cc2)CC1. The molecule has 0 atom stereocenters. The maximum atomic E-state index is 11.3. The van der Waals surface area contributed by atoms with E-state index >= 15 is 0 Å². The number of anilines is 1. The van der Waals surface area contributed by atoms with Crippen molar-refractivity contribution >= 4 is 33.6 Å². The molecule has 3 aromatic heterocycles. The van der Waals surface area contributed by atoms with Crippen molar-refractivity contribution in [3.05, 3.63) is 54.5 Å². The van der Waals surface area contributed by atoms with Crippen LogP contribution in [0.4, 0.5) is 5.69 Å². The van der Waals surface area contributed by atoms with Gasteiger partial charge in [0.25, 0.3) is 0 Å². The Bertz CT molecular complexity index is 1210. The number of carboxylic acids is 1. The number of hydrogen-bond acceptors (Lipinski definition) is 4. The van der Waals surface area contributed by atoms with Crippen LogP contribution >= 0.6 is 0 Å². The van der Waals surface area contributed by atoms with Crippen LogP contribution in [0.1, 0.15) is 10.5 Å². The highest BCUT2D eigenvalue weighted by molar-refractivity contribution is 6.08. The van der Waals surface area contributed by atoms with Crippen molar-refractivity contribution in [2.24, 2.45) is 0 Å². The zero-order valence-corrected chi connectivity index (χ0v) is 16.1. The van der Waals surface area contributed by atoms with Crippen LogP contribution in [0, 0.1) is 0 Å². The first kappa shape index (κ1) is 17.6. The fourth-order valence-electron chi connectivity index (χ4n) is 3.96. The molecule has 5 rings (SSSR count). The lowest BCUT2D eigenvalue weighted by molar-refractivity contribution is -0.880. The zero-order valence-electron chi connectivity index (χ0n) is 16.1. The number of aromatic nitrogens is 3. The van der Waals surface area contributed by atoms with Gasteiger partial charge in [0.1, 0.15) is 11.3 Å². The van der Waals surface area contributed by atoms with Gasteiger partial charge in [-0.2, -0.15) is 0 Å². The molecular weight excluding hydrogens is 366 g/mol. The molecule has 146 valence electrons. The molecule has 29 heavy (non-hydrogen) atoms. The first-order valence-corrected chi connectivity index (χ1v) is 9.76. The van der Waals surface area contributed by atoms with Crippen molar-refractivity contribution in [3.8, 4) is 11.1 Å². The average molecular weight is 388 g/mol. The Morgan fingerprint density at radius 2 is 1.79 bits per heavy atom. The fourth-order valence-corrected chi connectivity index (χ4v) is 3.96. The Balaban J connectivity index is 1.50. The number of piperazine rings is 1. The Hall–Kier alpha value is -3.45. The molecule has 0 amide bonds. The fraction of sp³-hybridized carbons (Fsp3) is 0.227. The number of fused-ring (bicyclic) bond motifs is 3. The minimum Gasteiger partial charge on any atom is -0.477 e. The molecule has 7 nitrogen and oxygen atoms in total. The number of aromatic amines is 1. The predicted molar refractivity (Wildman–Crippen MR) is 113 cm³/mol. The quantitative estimate of drug-likeness (QED) is 0.498. The maximum Gasteiger partial charge on any atom is 0.354 e. The van der Waals surface area contributed by atoms with Crippen LogP contribution < -0.4 is 9.80 Å². The number of quaternary nitrogens is 1. The Morgan fingerprint density at radius 3 is 2.52 bits per heavy atom. The lowest BCUT2D eigenvalue weighted by Crippen LogP contribution is -3.12. The molecule has 0 radical (unpaired) electrons. The van der Waals surface area contributed by atoms with E-state index in [0.717, 1.165) is 59.2 Å². The number of rotatable bonds is 3. The van der Waals surface area contributed by atoms with Gasteiger partial charge in [0, 0.05) is 28.2 Å². The molecule has 3 N–H and O–H groups in total. The summed E-state index contributed by atoms with van der Waals surface area (Å²) in [7, 11) is 2.24. The summed E-state index contributed by atoms with van der Waals surface area (Å²) in [4.78, 5) is 27.0. The van der Waals surface area contributed by atoms with E-state index in [1.165, 1.54) is 5.69 Å². The van der Waals surface area contributed by atoms with Crippen molar-refractivity contribution in [1.82, 2.24) is 15.0 Å². The van der Waals surface area contributed by atoms with Crippen LogP contribution in [-0.4, -0.2) is 59.3 Å². The summed E-state index contributed by atoms with van der Waals surface area (Å²) >= 11 is 0. The molecule has 0 aliphatic carbocycles. The van der Waals surface area contributed by atoms with Crippen molar-refractivity contribution in [3.63, 3.8) is 0 Å². The second kappa shape index (κ2) is 6.86. The largest absolute Gasteiger partial charge is 0.477 e. The van der Waals surface area contributed by atoms with E-state index in [1.807, 2.05) is 6.20 Å². The van der Waals surface area contributed by atoms with Gasteiger partial charge in [0.05, 0.1) is 44.9 Å². The third-order valence-electron chi connectivity index (χ3n) is 5.74. The van der Waals surface area contributed by atoms with E-state index < -0.39 is 5.97 Å². The lowest BCUT2D eigenvalue weighted by Gasteiger charge is -2.31. The summed E-state index contributed by atoms with van der Waals surface area (Å²) in [6.07, 6.45) is 3.39. The van der Waals surface area contributed by atoms with Crippen LogP contribution in [0.2, 0.25) is 0 Å². The summed E-state index contributed by atoms with van der Waals surface area (Å²) in [6, 6.07) is 12.2. The van der Waals surface area contributed by atoms with Crippen molar-refractivity contribution < 1.29 is 14.8 Å². The minimum absolute atomic E-state index is 0.0298. The number of carbonyl (C=O) groups is 1. The standard InChI is InChI=1S/C22H21N5O2/c1-26-6-8-27(9-7-26)16-4-2-14(3-5-16)15-10-18-17-11-19(22(28)29)23-13-20(17)25-21(18)24-12-15/h2-5,10-13H,6-9H2,1H3,(H,24,25)(H,28,29)/p+1. The molecule has 1 aliphatic heterocycles. The smallest absolute Gasteiger partial charge is 0.354 e. The second-order valence-electron chi connectivity index (χ2n) is 7.66. The summed E-state index contributed by atoms with van der Waals surface area (Å²) in [6.45, 7) is 4.48. The van der Waals surface area contributed by atoms with Gasteiger partial charge in [0.2, 0.25) is 0 Å². The highest BCUT2D eigenvalue weighted by atomic mass is 16.4. The van der Waals surface area contributed by atoms with Gasteiger partial charge in [0.15, 0.2) is 0 Å². The Morgan fingerprint density at radius 1 is 1.03 bits per heavy atom. The summed E-state index contributed by atoms with van der Waals surface area (Å²) in [5.41, 5.74) is 4.87. The molecule has 1 fully saturated rings. The van der Waals surface area contributed by atoms with E-state index in [-0.39, 0.29) is 5.69 Å². The number of nitrogens with zero attached hydrogens (tertiary/aromatic N) is 3. The second-order valence-corrected chi connectivity index (χ2v) is 7.66. The highest BCUT2D eigenvalue weighted by Gasteiger charge is 2.17. The van der Waals surface area contributed by atoms with E-state index in [2.05, 4.69) is 57.2 Å². The number of pyridine rings is 2. The van der Waals surface area contributed by atoms with Gasteiger partial charge in [-0.25, -0.2) is 14.8 Å². The predicted octanol–water partition coefficient (Wildman–Crippen LogP) is 1.81. The van der Waals surface area contributed by atoms with Crippen LogP contribution in [-0.2, 0) is 0 Å². The van der Waals surface area contributed by atoms with Crippen LogP contribution in [0.5, 0.6) is 0 Å². The monoisotopic (exact) mass is 388 g/mol. The van der Waals surface area contributed by atoms with Crippen molar-refractivity contribution in [2.45, 2.75) is 0 Å². The molecule has 4 heterocycles. The molecular formula is C22H22N5O2+. The molecule has 7 heteroatoms. The molecule has 0 saturated carbocycles. The number of H-pyrrole nitrogens is 1. The third-order valence-corrected chi connectivity index (χ3v) is 5.74. The van der Waals surface area contributed by atoms with Gasteiger partial charge >= 0.3 is 5.97 Å². The number of likely N-dealkylation sites (N-methyl/N-ethyl adjacent to an activating group) is 1. The van der Waals surface area contributed by atoms with E-state index in [1.54, 1.807) is 17.2 Å². The average Bonchev–Trinajstić information content (AvgIpc) is 3.11. The molecule has 0 bridgehead atoms. The summed E-state index contributed by atoms with van der Waals surface area (Å²) < 4.78 is 0. The first-order chi connectivity index (χ1) is 14.1. The maximum absolute atomic E-state index is 11.3. The number of nitrogens with one attached hydrogen (secondary N) is 2. The molecule has 1 aliphatic rings. The molecule has 0 unspecified atom stereocenters. The van der Waals surface area contributed by atoms with Gasteiger partial charge in [-0.15, -0.1) is 0 Å². The van der Waals surface area contributed by atoms with Gasteiger partial charge in [-0.3, -0.25) is 0 Å².